The van der Waals surface area contributed by atoms with Crippen LogP contribution in [0, 0.1) is 5.92 Å². The van der Waals surface area contributed by atoms with Crippen LogP contribution >= 0.6 is 12.4 Å². The minimum absolute atomic E-state index is 0. The van der Waals surface area contributed by atoms with E-state index < -0.39 is 9.84 Å². The summed E-state index contributed by atoms with van der Waals surface area (Å²) >= 11 is 0. The molecule has 21 heavy (non-hydrogen) atoms. The number of rotatable bonds is 5. The summed E-state index contributed by atoms with van der Waals surface area (Å²) in [6.45, 7) is 3.29. The lowest BCUT2D eigenvalue weighted by Gasteiger charge is -2.22. The molecular weight excluding hydrogens is 312 g/mol. The molecule has 0 spiro atoms. The second-order valence-electron chi connectivity index (χ2n) is 6.26. The van der Waals surface area contributed by atoms with Crippen molar-refractivity contribution in [3.63, 3.8) is 0 Å². The molecule has 2 N–H and O–H groups in total. The average Bonchev–Trinajstić information content (AvgIpc) is 3.05. The maximum absolute atomic E-state index is 12.2. The van der Waals surface area contributed by atoms with Gasteiger partial charge in [-0.2, -0.15) is 0 Å². The Bertz CT molecular complexity index is 449. The summed E-state index contributed by atoms with van der Waals surface area (Å²) in [7, 11) is -3.09. The molecule has 0 aromatic carbocycles. The van der Waals surface area contributed by atoms with Crippen LogP contribution in [0.1, 0.15) is 45.4 Å². The molecule has 124 valence electrons. The van der Waals surface area contributed by atoms with Gasteiger partial charge in [-0.05, 0) is 38.6 Å². The van der Waals surface area contributed by atoms with Crippen molar-refractivity contribution in [3.05, 3.63) is 0 Å². The van der Waals surface area contributed by atoms with Crippen LogP contribution < -0.4 is 5.73 Å². The van der Waals surface area contributed by atoms with E-state index in [1.54, 1.807) is 0 Å². The maximum atomic E-state index is 12.2. The second-order valence-corrected chi connectivity index (χ2v) is 8.66. The number of hydrogen-bond acceptors (Lipinski definition) is 4. The van der Waals surface area contributed by atoms with Crippen molar-refractivity contribution in [2.75, 3.05) is 18.8 Å². The molecule has 0 aromatic rings. The lowest BCUT2D eigenvalue weighted by Crippen LogP contribution is -2.36. The molecule has 0 radical (unpaired) electrons. The minimum atomic E-state index is -3.09. The normalized spacial score (nSPS) is 26.9. The molecule has 7 heteroatoms. The van der Waals surface area contributed by atoms with Crippen molar-refractivity contribution >= 4 is 28.2 Å². The molecule has 0 bridgehead atoms. The lowest BCUT2D eigenvalue weighted by atomic mass is 10.1. The quantitative estimate of drug-likeness (QED) is 0.820. The van der Waals surface area contributed by atoms with Crippen molar-refractivity contribution in [2.45, 2.75) is 56.7 Å². The zero-order valence-electron chi connectivity index (χ0n) is 12.7. The van der Waals surface area contributed by atoms with Gasteiger partial charge in [-0.15, -0.1) is 12.4 Å². The smallest absolute Gasteiger partial charge is 0.223 e. The van der Waals surface area contributed by atoms with Crippen molar-refractivity contribution in [3.8, 4) is 0 Å². The summed E-state index contributed by atoms with van der Waals surface area (Å²) < 4.78 is 24.3. The summed E-state index contributed by atoms with van der Waals surface area (Å²) in [6.07, 6.45) is 4.59. The summed E-state index contributed by atoms with van der Waals surface area (Å²) in [4.78, 5) is 14.0. The third-order valence-electron chi connectivity index (χ3n) is 4.73. The molecule has 2 unspecified atom stereocenters. The van der Waals surface area contributed by atoms with E-state index in [1.165, 1.54) is 0 Å². The molecule has 5 nitrogen and oxygen atoms in total. The Morgan fingerprint density at radius 3 is 2.43 bits per heavy atom. The summed E-state index contributed by atoms with van der Waals surface area (Å²) in [5.74, 6) is 0.336. The van der Waals surface area contributed by atoms with E-state index in [0.29, 0.717) is 19.0 Å². The van der Waals surface area contributed by atoms with Gasteiger partial charge in [0.1, 0.15) is 0 Å². The predicted molar refractivity (Wildman–Crippen MR) is 86.2 cm³/mol. The number of sulfone groups is 1. The number of carbonyl (C=O) groups is 1. The van der Waals surface area contributed by atoms with Gasteiger partial charge in [0.15, 0.2) is 9.84 Å². The predicted octanol–water partition coefficient (Wildman–Crippen LogP) is 1.35. The molecule has 2 atom stereocenters. The van der Waals surface area contributed by atoms with Gasteiger partial charge in [-0.3, -0.25) is 4.79 Å². The lowest BCUT2D eigenvalue weighted by molar-refractivity contribution is -0.131. The maximum Gasteiger partial charge on any atom is 0.223 e. The molecule has 1 amide bonds. The molecule has 1 aliphatic heterocycles. The Hall–Kier alpha value is -0.330. The zero-order chi connectivity index (χ0) is 14.8. The standard InChI is InChI=1S/C14H26N2O3S.ClH/c1-11-8-12(9-15)10-16(11)14(17)6-7-20(18,19)13-4-2-3-5-13;/h11-13H,2-10,15H2,1H3;1H. The van der Waals surface area contributed by atoms with Crippen molar-refractivity contribution in [1.82, 2.24) is 4.90 Å². The van der Waals surface area contributed by atoms with E-state index in [-0.39, 0.29) is 41.8 Å². The molecule has 1 heterocycles. The molecular formula is C14H27ClN2O3S. The van der Waals surface area contributed by atoms with E-state index in [1.807, 2.05) is 11.8 Å². The second kappa shape index (κ2) is 7.79. The first kappa shape index (κ1) is 18.7. The van der Waals surface area contributed by atoms with Gasteiger partial charge in [-0.1, -0.05) is 12.8 Å². The van der Waals surface area contributed by atoms with Crippen LogP contribution in [0.3, 0.4) is 0 Å². The third-order valence-corrected chi connectivity index (χ3v) is 6.99. The number of halogens is 1. The van der Waals surface area contributed by atoms with Gasteiger partial charge in [0.2, 0.25) is 5.91 Å². The van der Waals surface area contributed by atoms with Crippen LogP contribution in [0.4, 0.5) is 0 Å². The highest BCUT2D eigenvalue weighted by Gasteiger charge is 2.33. The summed E-state index contributed by atoms with van der Waals surface area (Å²) in [6, 6.07) is 0.185. The molecule has 1 saturated heterocycles. The summed E-state index contributed by atoms with van der Waals surface area (Å²) in [5, 5.41) is -0.205. The Morgan fingerprint density at radius 1 is 1.29 bits per heavy atom. The highest BCUT2D eigenvalue weighted by atomic mass is 35.5. The zero-order valence-corrected chi connectivity index (χ0v) is 14.3. The Morgan fingerprint density at radius 2 is 1.90 bits per heavy atom. The van der Waals surface area contributed by atoms with Gasteiger partial charge in [0.05, 0.1) is 11.0 Å². The number of carbonyl (C=O) groups excluding carboxylic acids is 1. The number of amides is 1. The van der Waals surface area contributed by atoms with Gasteiger partial charge in [-0.25, -0.2) is 8.42 Å². The van der Waals surface area contributed by atoms with E-state index in [2.05, 4.69) is 0 Å². The fourth-order valence-corrected chi connectivity index (χ4v) is 5.29. The van der Waals surface area contributed by atoms with Crippen LogP contribution in [-0.4, -0.2) is 49.4 Å². The topological polar surface area (TPSA) is 80.5 Å². The van der Waals surface area contributed by atoms with Gasteiger partial charge in [0.25, 0.3) is 0 Å². The first-order chi connectivity index (χ1) is 9.44. The minimum Gasteiger partial charge on any atom is -0.340 e. The highest BCUT2D eigenvalue weighted by molar-refractivity contribution is 7.92. The molecule has 1 saturated carbocycles. The molecule has 2 aliphatic rings. The van der Waals surface area contributed by atoms with E-state index >= 15 is 0 Å². The molecule has 0 aromatic heterocycles. The van der Waals surface area contributed by atoms with Crippen LogP contribution in [0.5, 0.6) is 0 Å². The molecule has 2 rings (SSSR count). The SMILES string of the molecule is CC1CC(CN)CN1C(=O)CCS(=O)(=O)C1CCCC1.Cl. The average molecular weight is 339 g/mol. The Kier molecular flexibility index (Phi) is 6.94. The number of likely N-dealkylation sites (tertiary alicyclic amines) is 1. The third kappa shape index (κ3) is 4.57. The largest absolute Gasteiger partial charge is 0.340 e. The first-order valence-corrected chi connectivity index (χ1v) is 9.36. The number of nitrogens with zero attached hydrogens (tertiary/aromatic N) is 1. The van der Waals surface area contributed by atoms with Gasteiger partial charge >= 0.3 is 0 Å². The molecule has 1 aliphatic carbocycles. The highest BCUT2D eigenvalue weighted by Crippen LogP contribution is 2.26. The molecule has 2 fully saturated rings. The fourth-order valence-electron chi connectivity index (χ4n) is 3.45. The fraction of sp³-hybridized carbons (Fsp3) is 0.929. The van der Waals surface area contributed by atoms with Crippen molar-refractivity contribution in [1.29, 1.82) is 0 Å². The van der Waals surface area contributed by atoms with E-state index in [4.69, 9.17) is 5.73 Å². The monoisotopic (exact) mass is 338 g/mol. The van der Waals surface area contributed by atoms with Gasteiger partial charge < -0.3 is 10.6 Å². The van der Waals surface area contributed by atoms with Crippen LogP contribution in [-0.2, 0) is 14.6 Å². The number of nitrogens with two attached hydrogens (primary N) is 1. The van der Waals surface area contributed by atoms with Crippen molar-refractivity contribution < 1.29 is 13.2 Å². The Balaban J connectivity index is 0.00000220. The Labute approximate surface area is 134 Å². The van der Waals surface area contributed by atoms with E-state index in [0.717, 1.165) is 32.1 Å². The first-order valence-electron chi connectivity index (χ1n) is 7.65. The van der Waals surface area contributed by atoms with E-state index in [9.17, 15) is 13.2 Å². The number of hydrogen-bond donors (Lipinski definition) is 1. The summed E-state index contributed by atoms with van der Waals surface area (Å²) in [5.41, 5.74) is 5.65. The van der Waals surface area contributed by atoms with Crippen molar-refractivity contribution in [2.24, 2.45) is 11.7 Å². The van der Waals surface area contributed by atoms with Crippen LogP contribution in [0.2, 0.25) is 0 Å². The van der Waals surface area contributed by atoms with Gasteiger partial charge in [0, 0.05) is 19.0 Å². The van der Waals surface area contributed by atoms with Crippen LogP contribution in [0.15, 0.2) is 0 Å². The van der Waals surface area contributed by atoms with Crippen LogP contribution in [0.25, 0.3) is 0 Å².